The van der Waals surface area contributed by atoms with Crippen LogP contribution in [0.4, 0.5) is 0 Å². The summed E-state index contributed by atoms with van der Waals surface area (Å²) in [7, 11) is 1.64. The highest BCUT2D eigenvalue weighted by Crippen LogP contribution is 2.17. The Kier molecular flexibility index (Phi) is 8.35. The van der Waals surface area contributed by atoms with E-state index in [-0.39, 0.29) is 5.91 Å². The normalized spacial score (nSPS) is 10.4. The van der Waals surface area contributed by atoms with Gasteiger partial charge in [0.15, 0.2) is 0 Å². The second-order valence-corrected chi connectivity index (χ2v) is 7.27. The zero-order valence-corrected chi connectivity index (χ0v) is 16.5. The van der Waals surface area contributed by atoms with Crippen molar-refractivity contribution in [1.29, 1.82) is 0 Å². The number of carbonyl (C=O) groups excluding carboxylic acids is 1. The summed E-state index contributed by atoms with van der Waals surface area (Å²) >= 11 is 1.62. The van der Waals surface area contributed by atoms with Gasteiger partial charge in [-0.1, -0.05) is 24.3 Å². The number of hydrogen-bond acceptors (Lipinski definition) is 4. The molecule has 0 saturated carbocycles. The van der Waals surface area contributed by atoms with Crippen molar-refractivity contribution < 1.29 is 14.3 Å². The minimum atomic E-state index is 0.0381. The summed E-state index contributed by atoms with van der Waals surface area (Å²) in [5, 5.41) is 2.93. The van der Waals surface area contributed by atoms with Gasteiger partial charge in [-0.3, -0.25) is 4.79 Å². The van der Waals surface area contributed by atoms with Gasteiger partial charge in [-0.05, 0) is 55.3 Å². The van der Waals surface area contributed by atoms with Gasteiger partial charge in [0.05, 0.1) is 19.5 Å². The van der Waals surface area contributed by atoms with Gasteiger partial charge in [0.1, 0.15) is 11.5 Å². The lowest BCUT2D eigenvalue weighted by Gasteiger charge is -2.10. The second-order valence-electron chi connectivity index (χ2n) is 6.17. The number of methoxy groups -OCH3 is 1. The standard InChI is InChI=1S/C21H27NO3S/c1-16-11-17(2)13-19(12-16)25-9-6-10-26-15-21(23)22-14-18-7-4-5-8-20(18)24-3/h4-5,7-8,11-13H,6,9-10,14-15H2,1-3H3,(H,22,23). The zero-order chi connectivity index (χ0) is 18.8. The van der Waals surface area contributed by atoms with Gasteiger partial charge < -0.3 is 14.8 Å². The topological polar surface area (TPSA) is 47.6 Å². The van der Waals surface area contributed by atoms with Crippen LogP contribution in [-0.4, -0.2) is 31.1 Å². The van der Waals surface area contributed by atoms with Gasteiger partial charge >= 0.3 is 0 Å². The van der Waals surface area contributed by atoms with Gasteiger partial charge in [0.25, 0.3) is 0 Å². The number of carbonyl (C=O) groups is 1. The van der Waals surface area contributed by atoms with Crippen LogP contribution < -0.4 is 14.8 Å². The van der Waals surface area contributed by atoms with E-state index in [1.54, 1.807) is 18.9 Å². The Labute approximate surface area is 160 Å². The molecule has 0 aliphatic carbocycles. The Morgan fingerprint density at radius 3 is 2.58 bits per heavy atom. The highest BCUT2D eigenvalue weighted by atomic mass is 32.2. The van der Waals surface area contributed by atoms with Crippen LogP contribution in [0.25, 0.3) is 0 Å². The maximum Gasteiger partial charge on any atom is 0.230 e. The summed E-state index contributed by atoms with van der Waals surface area (Å²) in [4.78, 5) is 11.9. The molecular weight excluding hydrogens is 346 g/mol. The molecule has 1 amide bonds. The molecule has 0 saturated heterocycles. The quantitative estimate of drug-likeness (QED) is 0.636. The van der Waals surface area contributed by atoms with Gasteiger partial charge in [-0.15, -0.1) is 0 Å². The van der Waals surface area contributed by atoms with E-state index in [2.05, 4.69) is 25.2 Å². The van der Waals surface area contributed by atoms with Crippen LogP contribution in [0.5, 0.6) is 11.5 Å². The van der Waals surface area contributed by atoms with Crippen molar-refractivity contribution in [2.24, 2.45) is 0 Å². The third-order valence-electron chi connectivity index (χ3n) is 3.80. The Morgan fingerprint density at radius 1 is 1.12 bits per heavy atom. The molecule has 0 aromatic heterocycles. The monoisotopic (exact) mass is 373 g/mol. The van der Waals surface area contributed by atoms with Crippen LogP contribution in [0, 0.1) is 13.8 Å². The molecule has 0 bridgehead atoms. The molecule has 0 spiro atoms. The van der Waals surface area contributed by atoms with Crippen LogP contribution in [0.15, 0.2) is 42.5 Å². The van der Waals surface area contributed by atoms with Crippen LogP contribution in [-0.2, 0) is 11.3 Å². The van der Waals surface area contributed by atoms with Crippen LogP contribution in [0.3, 0.4) is 0 Å². The van der Waals surface area contributed by atoms with E-state index in [9.17, 15) is 4.79 Å². The molecule has 140 valence electrons. The van der Waals surface area contributed by atoms with Gasteiger partial charge in [-0.2, -0.15) is 11.8 Å². The van der Waals surface area contributed by atoms with Crippen molar-refractivity contribution in [2.75, 3.05) is 25.2 Å². The fraction of sp³-hybridized carbons (Fsp3) is 0.381. The minimum absolute atomic E-state index is 0.0381. The van der Waals surface area contributed by atoms with E-state index in [0.29, 0.717) is 18.9 Å². The molecule has 2 aromatic carbocycles. The molecule has 0 unspecified atom stereocenters. The first-order valence-electron chi connectivity index (χ1n) is 8.76. The number of amides is 1. The number of benzene rings is 2. The molecule has 0 atom stereocenters. The van der Waals surface area contributed by atoms with Crippen molar-refractivity contribution >= 4 is 17.7 Å². The molecule has 2 rings (SSSR count). The van der Waals surface area contributed by atoms with Crippen molar-refractivity contribution in [3.8, 4) is 11.5 Å². The van der Waals surface area contributed by atoms with Crippen LogP contribution in [0.1, 0.15) is 23.1 Å². The lowest BCUT2D eigenvalue weighted by atomic mass is 10.1. The zero-order valence-electron chi connectivity index (χ0n) is 15.7. The number of hydrogen-bond donors (Lipinski definition) is 1. The average Bonchev–Trinajstić information content (AvgIpc) is 2.62. The predicted octanol–water partition coefficient (Wildman–Crippen LogP) is 4.13. The molecule has 5 heteroatoms. The van der Waals surface area contributed by atoms with Crippen molar-refractivity contribution in [1.82, 2.24) is 5.32 Å². The van der Waals surface area contributed by atoms with E-state index in [1.165, 1.54) is 11.1 Å². The summed E-state index contributed by atoms with van der Waals surface area (Å²) in [6.45, 7) is 5.29. The second kappa shape index (κ2) is 10.8. The Hall–Kier alpha value is -2.14. The van der Waals surface area contributed by atoms with Gasteiger partial charge in [-0.25, -0.2) is 0 Å². The molecular formula is C21H27NO3S. The average molecular weight is 374 g/mol. The first-order valence-corrected chi connectivity index (χ1v) is 9.91. The molecule has 26 heavy (non-hydrogen) atoms. The van der Waals surface area contributed by atoms with E-state index in [1.807, 2.05) is 36.4 Å². The number of aryl methyl sites for hydroxylation is 2. The van der Waals surface area contributed by atoms with Crippen molar-refractivity contribution in [3.05, 3.63) is 59.2 Å². The number of para-hydroxylation sites is 1. The largest absolute Gasteiger partial charge is 0.496 e. The van der Waals surface area contributed by atoms with Crippen molar-refractivity contribution in [3.63, 3.8) is 0 Å². The molecule has 0 aliphatic heterocycles. The molecule has 0 aliphatic rings. The Bertz CT molecular complexity index is 698. The molecule has 2 aromatic rings. The van der Waals surface area contributed by atoms with Gasteiger partial charge in [0.2, 0.25) is 5.91 Å². The maximum absolute atomic E-state index is 11.9. The third kappa shape index (κ3) is 7.00. The third-order valence-corrected chi connectivity index (χ3v) is 4.84. The summed E-state index contributed by atoms with van der Waals surface area (Å²) in [6, 6.07) is 13.9. The predicted molar refractivity (Wildman–Crippen MR) is 108 cm³/mol. The van der Waals surface area contributed by atoms with E-state index in [4.69, 9.17) is 9.47 Å². The SMILES string of the molecule is COc1ccccc1CNC(=O)CSCCCOc1cc(C)cc(C)c1. The highest BCUT2D eigenvalue weighted by molar-refractivity contribution is 7.99. The number of nitrogens with one attached hydrogen (secondary N) is 1. The highest BCUT2D eigenvalue weighted by Gasteiger charge is 2.05. The summed E-state index contributed by atoms with van der Waals surface area (Å²) in [5.74, 6) is 3.10. The molecule has 0 radical (unpaired) electrons. The minimum Gasteiger partial charge on any atom is -0.496 e. The summed E-state index contributed by atoms with van der Waals surface area (Å²) in [6.07, 6.45) is 0.914. The number of ether oxygens (including phenoxy) is 2. The molecule has 0 heterocycles. The summed E-state index contributed by atoms with van der Waals surface area (Å²) < 4.78 is 11.1. The first-order chi connectivity index (χ1) is 12.6. The fourth-order valence-corrected chi connectivity index (χ4v) is 3.38. The molecule has 0 fully saturated rings. The smallest absolute Gasteiger partial charge is 0.230 e. The molecule has 4 nitrogen and oxygen atoms in total. The van der Waals surface area contributed by atoms with E-state index < -0.39 is 0 Å². The van der Waals surface area contributed by atoms with Gasteiger partial charge in [0, 0.05) is 12.1 Å². The van der Waals surface area contributed by atoms with E-state index >= 15 is 0 Å². The summed E-state index contributed by atoms with van der Waals surface area (Å²) in [5.41, 5.74) is 3.40. The van der Waals surface area contributed by atoms with Crippen LogP contribution >= 0.6 is 11.8 Å². The fourth-order valence-electron chi connectivity index (χ4n) is 2.63. The van der Waals surface area contributed by atoms with Crippen molar-refractivity contribution in [2.45, 2.75) is 26.8 Å². The first kappa shape index (κ1) is 20.2. The maximum atomic E-state index is 11.9. The number of rotatable bonds is 10. The Balaban J connectivity index is 1.58. The lowest BCUT2D eigenvalue weighted by molar-refractivity contribution is -0.118. The van der Waals surface area contributed by atoms with Crippen LogP contribution in [0.2, 0.25) is 0 Å². The van der Waals surface area contributed by atoms with E-state index in [0.717, 1.165) is 29.2 Å². The Morgan fingerprint density at radius 2 is 1.85 bits per heavy atom. The lowest BCUT2D eigenvalue weighted by Crippen LogP contribution is -2.25. The molecule has 1 N–H and O–H groups in total. The number of thioether (sulfide) groups is 1.